The Hall–Kier alpha value is -3.00. The molecule has 1 saturated heterocycles. The molecule has 140 valence electrons. The van der Waals surface area contributed by atoms with E-state index in [4.69, 9.17) is 10.00 Å². The molecule has 1 fully saturated rings. The van der Waals surface area contributed by atoms with Crippen LogP contribution in [0.3, 0.4) is 0 Å². The van der Waals surface area contributed by atoms with Crippen LogP contribution in [-0.2, 0) is 13.0 Å². The Labute approximate surface area is 160 Å². The highest BCUT2D eigenvalue weighted by atomic mass is 16.5. The number of ether oxygens (including phenoxy) is 1. The minimum atomic E-state index is -0.0146. The fourth-order valence-corrected chi connectivity index (χ4v) is 3.46. The van der Waals surface area contributed by atoms with Gasteiger partial charge in [-0.05, 0) is 60.6 Å². The first-order chi connectivity index (χ1) is 13.2. The number of likely N-dealkylation sites (tertiary alicyclic amines) is 1. The molecular weight excluding hydrogens is 338 g/mol. The summed E-state index contributed by atoms with van der Waals surface area (Å²) in [5.74, 6) is 1.49. The summed E-state index contributed by atoms with van der Waals surface area (Å²) in [5.41, 5.74) is 2.91. The zero-order chi connectivity index (χ0) is 19.1. The van der Waals surface area contributed by atoms with E-state index in [0.717, 1.165) is 43.7 Å². The van der Waals surface area contributed by atoms with Gasteiger partial charge in [-0.3, -0.25) is 0 Å². The van der Waals surface area contributed by atoms with Gasteiger partial charge >= 0.3 is 6.03 Å². The predicted molar refractivity (Wildman–Crippen MR) is 104 cm³/mol. The summed E-state index contributed by atoms with van der Waals surface area (Å²) < 4.78 is 5.29. The van der Waals surface area contributed by atoms with Crippen LogP contribution in [0.15, 0.2) is 48.5 Å². The highest BCUT2D eigenvalue weighted by Crippen LogP contribution is 2.23. The average Bonchev–Trinajstić information content (AvgIpc) is 2.73. The van der Waals surface area contributed by atoms with E-state index < -0.39 is 0 Å². The van der Waals surface area contributed by atoms with Gasteiger partial charge in [0.15, 0.2) is 0 Å². The van der Waals surface area contributed by atoms with E-state index in [9.17, 15) is 4.79 Å². The molecule has 0 unspecified atom stereocenters. The van der Waals surface area contributed by atoms with E-state index in [1.165, 1.54) is 5.56 Å². The van der Waals surface area contributed by atoms with Crippen LogP contribution in [-0.4, -0.2) is 31.1 Å². The van der Waals surface area contributed by atoms with Gasteiger partial charge in [-0.1, -0.05) is 24.3 Å². The van der Waals surface area contributed by atoms with Crippen molar-refractivity contribution < 1.29 is 9.53 Å². The third-order valence-corrected chi connectivity index (χ3v) is 5.09. The van der Waals surface area contributed by atoms with Crippen molar-refractivity contribution in [3.05, 3.63) is 65.2 Å². The summed E-state index contributed by atoms with van der Waals surface area (Å²) in [5, 5.41) is 11.8. The molecule has 27 heavy (non-hydrogen) atoms. The molecule has 1 heterocycles. The van der Waals surface area contributed by atoms with Gasteiger partial charge < -0.3 is 15.0 Å². The average molecular weight is 363 g/mol. The van der Waals surface area contributed by atoms with Crippen LogP contribution in [0.25, 0.3) is 0 Å². The van der Waals surface area contributed by atoms with Crippen molar-refractivity contribution in [2.45, 2.75) is 25.8 Å². The van der Waals surface area contributed by atoms with E-state index in [0.29, 0.717) is 18.0 Å². The molecular formula is C22H25N3O2. The number of carbonyl (C=O) groups excluding carboxylic acids is 1. The number of rotatable bonds is 5. The van der Waals surface area contributed by atoms with Crippen LogP contribution in [0, 0.1) is 17.2 Å². The zero-order valence-electron chi connectivity index (χ0n) is 15.6. The van der Waals surface area contributed by atoms with Crippen LogP contribution < -0.4 is 10.1 Å². The van der Waals surface area contributed by atoms with Crippen LogP contribution in [0.2, 0.25) is 0 Å². The summed E-state index contributed by atoms with van der Waals surface area (Å²) in [6.07, 6.45) is 3.06. The number of piperidine rings is 1. The lowest BCUT2D eigenvalue weighted by Crippen LogP contribution is -2.44. The Morgan fingerprint density at radius 3 is 2.59 bits per heavy atom. The molecule has 0 radical (unpaired) electrons. The largest absolute Gasteiger partial charge is 0.497 e. The van der Waals surface area contributed by atoms with Gasteiger partial charge in [-0.15, -0.1) is 0 Å². The number of nitrogens with one attached hydrogen (secondary N) is 1. The quantitative estimate of drug-likeness (QED) is 0.880. The third kappa shape index (κ3) is 5.24. The SMILES string of the molecule is COc1cccc(CC2CCN(C(=O)NCc3ccc(C#N)cc3)CC2)c1. The first-order valence-electron chi connectivity index (χ1n) is 9.32. The molecule has 1 aliphatic heterocycles. The van der Waals surface area contributed by atoms with Gasteiger partial charge in [0.05, 0.1) is 18.7 Å². The number of urea groups is 1. The van der Waals surface area contributed by atoms with E-state index in [1.54, 1.807) is 19.2 Å². The molecule has 3 rings (SSSR count). The summed E-state index contributed by atoms with van der Waals surface area (Å²) in [4.78, 5) is 14.3. The number of hydrogen-bond acceptors (Lipinski definition) is 3. The molecule has 5 nitrogen and oxygen atoms in total. The monoisotopic (exact) mass is 363 g/mol. The molecule has 5 heteroatoms. The Kier molecular flexibility index (Phi) is 6.32. The van der Waals surface area contributed by atoms with E-state index >= 15 is 0 Å². The highest BCUT2D eigenvalue weighted by molar-refractivity contribution is 5.74. The number of hydrogen-bond donors (Lipinski definition) is 1. The van der Waals surface area contributed by atoms with Gasteiger partial charge in [0, 0.05) is 19.6 Å². The molecule has 0 spiro atoms. The molecule has 2 aromatic carbocycles. The zero-order valence-corrected chi connectivity index (χ0v) is 15.6. The maximum atomic E-state index is 12.4. The Morgan fingerprint density at radius 2 is 1.93 bits per heavy atom. The molecule has 1 N–H and O–H groups in total. The van der Waals surface area contributed by atoms with Crippen molar-refractivity contribution in [2.75, 3.05) is 20.2 Å². The maximum Gasteiger partial charge on any atom is 0.317 e. The predicted octanol–water partition coefficient (Wildman–Crippen LogP) is 3.73. The lowest BCUT2D eigenvalue weighted by molar-refractivity contribution is 0.170. The first kappa shape index (κ1) is 18.8. The maximum absolute atomic E-state index is 12.4. The minimum absolute atomic E-state index is 0.0146. The fraction of sp³-hybridized carbons (Fsp3) is 0.364. The minimum Gasteiger partial charge on any atom is -0.497 e. The molecule has 0 aromatic heterocycles. The highest BCUT2D eigenvalue weighted by Gasteiger charge is 2.22. The number of carbonyl (C=O) groups is 1. The Morgan fingerprint density at radius 1 is 1.19 bits per heavy atom. The van der Waals surface area contributed by atoms with Crippen molar-refractivity contribution in [3.8, 4) is 11.8 Å². The number of amides is 2. The second kappa shape index (κ2) is 9.09. The van der Waals surface area contributed by atoms with Crippen molar-refractivity contribution in [1.82, 2.24) is 10.2 Å². The van der Waals surface area contributed by atoms with Crippen LogP contribution in [0.4, 0.5) is 4.79 Å². The molecule has 2 aromatic rings. The number of benzene rings is 2. The molecule has 0 atom stereocenters. The number of nitrogens with zero attached hydrogens (tertiary/aromatic N) is 2. The van der Waals surface area contributed by atoms with Crippen molar-refractivity contribution in [3.63, 3.8) is 0 Å². The third-order valence-electron chi connectivity index (χ3n) is 5.09. The second-order valence-corrected chi connectivity index (χ2v) is 6.95. The first-order valence-corrected chi connectivity index (χ1v) is 9.32. The normalized spacial score (nSPS) is 14.4. The van der Waals surface area contributed by atoms with Crippen molar-refractivity contribution >= 4 is 6.03 Å². The van der Waals surface area contributed by atoms with E-state index in [-0.39, 0.29) is 6.03 Å². The summed E-state index contributed by atoms with van der Waals surface area (Å²) in [6.45, 7) is 2.05. The summed E-state index contributed by atoms with van der Waals surface area (Å²) >= 11 is 0. The molecule has 1 aliphatic rings. The van der Waals surface area contributed by atoms with Gasteiger partial charge in [0.1, 0.15) is 5.75 Å². The molecule has 0 saturated carbocycles. The lowest BCUT2D eigenvalue weighted by atomic mass is 9.90. The van der Waals surface area contributed by atoms with Crippen LogP contribution in [0.5, 0.6) is 5.75 Å². The van der Waals surface area contributed by atoms with Gasteiger partial charge in [-0.25, -0.2) is 4.79 Å². The van der Waals surface area contributed by atoms with E-state index in [1.807, 2.05) is 29.2 Å². The molecule has 0 bridgehead atoms. The Bertz CT molecular complexity index is 803. The summed E-state index contributed by atoms with van der Waals surface area (Å²) in [6, 6.07) is 17.6. The van der Waals surface area contributed by atoms with Crippen LogP contribution in [0.1, 0.15) is 29.5 Å². The standard InChI is InChI=1S/C22H25N3O2/c1-27-21-4-2-3-20(14-21)13-17-9-11-25(12-10-17)22(26)24-16-19-7-5-18(15-23)6-8-19/h2-8,14,17H,9-13,16H2,1H3,(H,24,26). The van der Waals surface area contributed by atoms with E-state index in [2.05, 4.69) is 23.5 Å². The lowest BCUT2D eigenvalue weighted by Gasteiger charge is -2.32. The Balaban J connectivity index is 1.43. The van der Waals surface area contributed by atoms with Gasteiger partial charge in [0.2, 0.25) is 0 Å². The van der Waals surface area contributed by atoms with Crippen molar-refractivity contribution in [2.24, 2.45) is 5.92 Å². The molecule has 0 aliphatic carbocycles. The van der Waals surface area contributed by atoms with Gasteiger partial charge in [0.25, 0.3) is 0 Å². The van der Waals surface area contributed by atoms with Crippen molar-refractivity contribution in [1.29, 1.82) is 5.26 Å². The molecule has 2 amide bonds. The van der Waals surface area contributed by atoms with Crippen LogP contribution >= 0.6 is 0 Å². The summed E-state index contributed by atoms with van der Waals surface area (Å²) in [7, 11) is 1.69. The second-order valence-electron chi connectivity index (χ2n) is 6.95. The fourth-order valence-electron chi connectivity index (χ4n) is 3.46. The van der Waals surface area contributed by atoms with Gasteiger partial charge in [-0.2, -0.15) is 5.26 Å². The number of nitriles is 1. The number of methoxy groups -OCH3 is 1. The smallest absolute Gasteiger partial charge is 0.317 e. The topological polar surface area (TPSA) is 65.4 Å².